The molecule has 0 spiro atoms. The number of ether oxygens (including phenoxy) is 2. The first-order chi connectivity index (χ1) is 7.54. The van der Waals surface area contributed by atoms with Crippen LogP contribution in [0.4, 0.5) is 0 Å². The van der Waals surface area contributed by atoms with Crippen molar-refractivity contribution in [1.29, 1.82) is 0 Å². The van der Waals surface area contributed by atoms with Gasteiger partial charge in [0.1, 0.15) is 0 Å². The number of halogens is 1. The summed E-state index contributed by atoms with van der Waals surface area (Å²) in [4.78, 5) is 11.3. The van der Waals surface area contributed by atoms with Gasteiger partial charge in [0.15, 0.2) is 0 Å². The van der Waals surface area contributed by atoms with Gasteiger partial charge in [0.2, 0.25) is 0 Å². The predicted octanol–water partition coefficient (Wildman–Crippen LogP) is 1.36. The third-order valence-electron chi connectivity index (χ3n) is 2.36. The number of methoxy groups -OCH3 is 2. The maximum absolute atomic E-state index is 11.3. The van der Waals surface area contributed by atoms with Gasteiger partial charge in [-0.05, 0) is 17.7 Å². The molecule has 0 atom stereocenters. The summed E-state index contributed by atoms with van der Waals surface area (Å²) in [6.45, 7) is 0. The summed E-state index contributed by atoms with van der Waals surface area (Å²) in [6, 6.07) is 7.09. The smallest absolute Gasteiger partial charge is 0.278 e. The average Bonchev–Trinajstić information content (AvgIpc) is 2.25. The highest BCUT2D eigenvalue weighted by Gasteiger charge is 2.37. The molecular formula is C11H14ClNO3. The average molecular weight is 244 g/mol. The van der Waals surface area contributed by atoms with E-state index in [9.17, 15) is 4.79 Å². The summed E-state index contributed by atoms with van der Waals surface area (Å²) in [6.07, 6.45) is 0.218. The Balaban J connectivity index is 2.96. The molecule has 0 aromatic heterocycles. The van der Waals surface area contributed by atoms with E-state index in [-0.39, 0.29) is 6.42 Å². The van der Waals surface area contributed by atoms with Gasteiger partial charge in [-0.3, -0.25) is 4.79 Å². The van der Waals surface area contributed by atoms with Crippen LogP contribution >= 0.6 is 11.6 Å². The first-order valence-electron chi connectivity index (χ1n) is 4.69. The van der Waals surface area contributed by atoms with Crippen LogP contribution in [-0.4, -0.2) is 25.9 Å². The summed E-state index contributed by atoms with van der Waals surface area (Å²) in [7, 11) is 2.75. The number of primary amides is 1. The summed E-state index contributed by atoms with van der Waals surface area (Å²) in [5, 5.41) is 0.586. The number of rotatable bonds is 5. The Labute approximate surface area is 99.3 Å². The van der Waals surface area contributed by atoms with Crippen molar-refractivity contribution in [2.45, 2.75) is 12.2 Å². The van der Waals surface area contributed by atoms with E-state index in [1.165, 1.54) is 14.2 Å². The van der Waals surface area contributed by atoms with Gasteiger partial charge < -0.3 is 15.2 Å². The topological polar surface area (TPSA) is 61.6 Å². The number of hydrogen-bond acceptors (Lipinski definition) is 3. The SMILES string of the molecule is COC(Cc1cccc(Cl)c1)(OC)C(N)=O. The second-order valence-electron chi connectivity index (χ2n) is 3.33. The quantitative estimate of drug-likeness (QED) is 0.795. The van der Waals surface area contributed by atoms with E-state index in [4.69, 9.17) is 26.8 Å². The largest absolute Gasteiger partial charge is 0.365 e. The lowest BCUT2D eigenvalue weighted by Gasteiger charge is -2.27. The Morgan fingerprint density at radius 1 is 1.44 bits per heavy atom. The van der Waals surface area contributed by atoms with E-state index in [2.05, 4.69) is 0 Å². The third-order valence-corrected chi connectivity index (χ3v) is 2.60. The standard InChI is InChI=1S/C11H14ClNO3/c1-15-11(16-2,10(13)14)7-8-4-3-5-9(12)6-8/h3-6H,7H2,1-2H3,(H2,13,14). The first-order valence-corrected chi connectivity index (χ1v) is 5.06. The van der Waals surface area contributed by atoms with E-state index in [1.54, 1.807) is 18.2 Å². The van der Waals surface area contributed by atoms with Gasteiger partial charge in [-0.25, -0.2) is 0 Å². The Morgan fingerprint density at radius 3 is 2.50 bits per heavy atom. The highest BCUT2D eigenvalue weighted by molar-refractivity contribution is 6.30. The second-order valence-corrected chi connectivity index (χ2v) is 3.77. The summed E-state index contributed by atoms with van der Waals surface area (Å²) < 4.78 is 10.1. The molecule has 0 aliphatic heterocycles. The number of nitrogens with two attached hydrogens (primary N) is 1. The van der Waals surface area contributed by atoms with Crippen LogP contribution in [0, 0.1) is 0 Å². The normalized spacial score (nSPS) is 11.4. The Bertz CT molecular complexity index is 377. The molecule has 0 saturated heterocycles. The Kier molecular flexibility index (Phi) is 4.29. The minimum Gasteiger partial charge on any atom is -0.365 e. The van der Waals surface area contributed by atoms with Crippen molar-refractivity contribution in [3.8, 4) is 0 Å². The maximum Gasteiger partial charge on any atom is 0.278 e. The highest BCUT2D eigenvalue weighted by atomic mass is 35.5. The van der Waals surface area contributed by atoms with Crippen LogP contribution in [0.3, 0.4) is 0 Å². The van der Waals surface area contributed by atoms with Gasteiger partial charge in [0.25, 0.3) is 11.7 Å². The molecule has 0 radical (unpaired) electrons. The van der Waals surface area contributed by atoms with Gasteiger partial charge >= 0.3 is 0 Å². The zero-order valence-electron chi connectivity index (χ0n) is 9.20. The summed E-state index contributed by atoms with van der Waals surface area (Å²) in [5.41, 5.74) is 6.07. The third kappa shape index (κ3) is 2.72. The lowest BCUT2D eigenvalue weighted by molar-refractivity contribution is -0.205. The Morgan fingerprint density at radius 2 is 2.06 bits per heavy atom. The molecular weight excluding hydrogens is 230 g/mol. The highest BCUT2D eigenvalue weighted by Crippen LogP contribution is 2.20. The molecule has 1 aromatic carbocycles. The molecule has 0 aliphatic rings. The first kappa shape index (κ1) is 13.0. The minimum absolute atomic E-state index is 0.218. The second kappa shape index (κ2) is 5.30. The number of amides is 1. The minimum atomic E-state index is -1.44. The Hall–Kier alpha value is -1.10. The zero-order chi connectivity index (χ0) is 12.2. The van der Waals surface area contributed by atoms with Crippen LogP contribution in [0.25, 0.3) is 0 Å². The van der Waals surface area contributed by atoms with Crippen molar-refractivity contribution < 1.29 is 14.3 Å². The fourth-order valence-electron chi connectivity index (χ4n) is 1.43. The van der Waals surface area contributed by atoms with E-state index >= 15 is 0 Å². The van der Waals surface area contributed by atoms with Crippen molar-refractivity contribution in [1.82, 2.24) is 0 Å². The van der Waals surface area contributed by atoms with Gasteiger partial charge in [-0.1, -0.05) is 23.7 Å². The molecule has 2 N–H and O–H groups in total. The molecule has 0 fully saturated rings. The fraction of sp³-hybridized carbons (Fsp3) is 0.364. The van der Waals surface area contributed by atoms with Crippen LogP contribution < -0.4 is 5.73 Å². The lowest BCUT2D eigenvalue weighted by Crippen LogP contribution is -2.49. The van der Waals surface area contributed by atoms with Gasteiger partial charge in [0, 0.05) is 25.7 Å². The lowest BCUT2D eigenvalue weighted by atomic mass is 10.0. The van der Waals surface area contributed by atoms with E-state index < -0.39 is 11.7 Å². The number of hydrogen-bond donors (Lipinski definition) is 1. The van der Waals surface area contributed by atoms with Gasteiger partial charge in [-0.15, -0.1) is 0 Å². The van der Waals surface area contributed by atoms with Crippen LogP contribution in [0.1, 0.15) is 5.56 Å². The molecule has 4 nitrogen and oxygen atoms in total. The van der Waals surface area contributed by atoms with Crippen LogP contribution in [0.2, 0.25) is 5.02 Å². The molecule has 1 aromatic rings. The summed E-state index contributed by atoms with van der Waals surface area (Å²) >= 11 is 5.84. The molecule has 16 heavy (non-hydrogen) atoms. The molecule has 0 heterocycles. The van der Waals surface area contributed by atoms with E-state index in [0.717, 1.165) is 5.56 Å². The number of benzene rings is 1. The summed E-state index contributed by atoms with van der Waals surface area (Å²) in [5.74, 6) is -2.11. The maximum atomic E-state index is 11.3. The molecule has 0 aliphatic carbocycles. The van der Waals surface area contributed by atoms with Gasteiger partial charge in [-0.2, -0.15) is 0 Å². The molecule has 1 amide bonds. The van der Waals surface area contributed by atoms with Crippen LogP contribution in [0.15, 0.2) is 24.3 Å². The molecule has 0 unspecified atom stereocenters. The van der Waals surface area contributed by atoms with Gasteiger partial charge in [0.05, 0.1) is 0 Å². The molecule has 0 saturated carbocycles. The van der Waals surface area contributed by atoms with Crippen LogP contribution in [0.5, 0.6) is 0 Å². The van der Waals surface area contributed by atoms with Crippen molar-refractivity contribution in [3.05, 3.63) is 34.9 Å². The molecule has 5 heteroatoms. The number of carbonyl (C=O) groups is 1. The van der Waals surface area contributed by atoms with Crippen molar-refractivity contribution >= 4 is 17.5 Å². The van der Waals surface area contributed by atoms with Crippen molar-refractivity contribution in [3.63, 3.8) is 0 Å². The number of carbonyl (C=O) groups excluding carboxylic acids is 1. The monoisotopic (exact) mass is 243 g/mol. The molecule has 88 valence electrons. The van der Waals surface area contributed by atoms with Crippen molar-refractivity contribution in [2.75, 3.05) is 14.2 Å². The molecule has 1 rings (SSSR count). The van der Waals surface area contributed by atoms with E-state index in [1.807, 2.05) is 6.07 Å². The van der Waals surface area contributed by atoms with Crippen molar-refractivity contribution in [2.24, 2.45) is 5.73 Å². The fourth-order valence-corrected chi connectivity index (χ4v) is 1.64. The predicted molar refractivity (Wildman–Crippen MR) is 61.1 cm³/mol. The zero-order valence-corrected chi connectivity index (χ0v) is 9.95. The van der Waals surface area contributed by atoms with Crippen LogP contribution in [-0.2, 0) is 20.7 Å². The molecule has 0 bridgehead atoms. The van der Waals surface area contributed by atoms with E-state index in [0.29, 0.717) is 5.02 Å².